The predicted molar refractivity (Wildman–Crippen MR) is 124 cm³/mol. The van der Waals surface area contributed by atoms with Crippen molar-refractivity contribution in [3.63, 3.8) is 0 Å². The number of imidazole rings is 1. The van der Waals surface area contributed by atoms with Gasteiger partial charge < -0.3 is 15.4 Å². The highest BCUT2D eigenvalue weighted by atomic mass is 19.4. The number of ether oxygens (including phenoxy) is 1. The van der Waals surface area contributed by atoms with Crippen molar-refractivity contribution in [3.05, 3.63) is 77.6 Å². The van der Waals surface area contributed by atoms with Gasteiger partial charge in [-0.15, -0.1) is 0 Å². The van der Waals surface area contributed by atoms with E-state index in [1.165, 1.54) is 37.6 Å². The number of anilines is 1. The molecule has 188 valence electrons. The Hall–Kier alpha value is -4.15. The fraction of sp³-hybridized carbons (Fsp3) is 0.200. The molecule has 1 amide bonds. The maximum absolute atomic E-state index is 14.2. The van der Waals surface area contributed by atoms with Crippen molar-refractivity contribution in [2.45, 2.75) is 19.5 Å². The number of hydrogen-bond donors (Lipinski definition) is 2. The van der Waals surface area contributed by atoms with Crippen LogP contribution in [0.5, 0.6) is 11.5 Å². The van der Waals surface area contributed by atoms with E-state index in [1.807, 2.05) is 0 Å². The number of nitrogens with zero attached hydrogens (tertiary/aromatic N) is 2. The van der Waals surface area contributed by atoms with E-state index in [0.29, 0.717) is 28.0 Å². The fourth-order valence-electron chi connectivity index (χ4n) is 3.70. The summed E-state index contributed by atoms with van der Waals surface area (Å²) in [4.78, 5) is 16.4. The van der Waals surface area contributed by atoms with Crippen LogP contribution in [0, 0.1) is 18.6 Å². The van der Waals surface area contributed by atoms with Gasteiger partial charge >= 0.3 is 6.18 Å². The topological polar surface area (TPSA) is 67.7 Å². The minimum absolute atomic E-state index is 0.0412. The van der Waals surface area contributed by atoms with Crippen molar-refractivity contribution in [2.75, 3.05) is 18.9 Å². The van der Waals surface area contributed by atoms with Crippen molar-refractivity contribution in [1.29, 1.82) is 0 Å². The Morgan fingerprint density at radius 1 is 1.14 bits per heavy atom. The first-order chi connectivity index (χ1) is 17.1. The van der Waals surface area contributed by atoms with Crippen molar-refractivity contribution in [1.82, 2.24) is 14.7 Å². The van der Waals surface area contributed by atoms with E-state index < -0.39 is 30.8 Å². The van der Waals surface area contributed by atoms with Gasteiger partial charge in [0.25, 0.3) is 5.91 Å². The van der Waals surface area contributed by atoms with Gasteiger partial charge in [-0.3, -0.25) is 9.20 Å². The molecular formula is C25H21F5N4O2. The number of carbonyl (C=O) groups excluding carboxylic acids is 1. The van der Waals surface area contributed by atoms with E-state index in [0.717, 1.165) is 6.07 Å². The third kappa shape index (κ3) is 5.24. The molecule has 36 heavy (non-hydrogen) atoms. The SMILES string of the molecule is CNC(=O)c1ccc(-c2cnc3c(NCCC(F)(F)F)cc(Oc4cccc(F)c4F)cn23)cc1C. The maximum atomic E-state index is 14.2. The molecule has 4 rings (SSSR count). The molecule has 4 aromatic rings. The van der Waals surface area contributed by atoms with Crippen LogP contribution in [-0.2, 0) is 0 Å². The predicted octanol–water partition coefficient (Wildman–Crippen LogP) is 6.10. The fourth-order valence-corrected chi connectivity index (χ4v) is 3.70. The lowest BCUT2D eigenvalue weighted by Gasteiger charge is -2.14. The molecule has 0 saturated heterocycles. The molecule has 0 bridgehead atoms. The third-order valence-corrected chi connectivity index (χ3v) is 5.44. The van der Waals surface area contributed by atoms with Crippen LogP contribution < -0.4 is 15.4 Å². The molecule has 2 aromatic heterocycles. The number of fused-ring (bicyclic) bond motifs is 1. The Morgan fingerprint density at radius 2 is 1.92 bits per heavy atom. The lowest BCUT2D eigenvalue weighted by molar-refractivity contribution is -0.131. The zero-order valence-electron chi connectivity index (χ0n) is 19.2. The smallest absolute Gasteiger partial charge is 0.390 e. The average molecular weight is 504 g/mol. The number of hydrogen-bond acceptors (Lipinski definition) is 4. The van der Waals surface area contributed by atoms with Crippen LogP contribution >= 0.6 is 0 Å². The number of amides is 1. The molecule has 2 N–H and O–H groups in total. The quantitative estimate of drug-likeness (QED) is 0.298. The summed E-state index contributed by atoms with van der Waals surface area (Å²) in [6.07, 6.45) is -2.46. The Morgan fingerprint density at radius 3 is 2.61 bits per heavy atom. The number of rotatable bonds is 7. The number of nitrogens with one attached hydrogen (secondary N) is 2. The van der Waals surface area contributed by atoms with Crippen LogP contribution in [0.15, 0.2) is 54.9 Å². The van der Waals surface area contributed by atoms with Gasteiger partial charge in [-0.25, -0.2) is 9.37 Å². The Kier molecular flexibility index (Phi) is 6.82. The number of alkyl halides is 3. The number of benzene rings is 2. The molecule has 0 fully saturated rings. The zero-order chi connectivity index (χ0) is 26.0. The second-order valence-electron chi connectivity index (χ2n) is 7.98. The number of aryl methyl sites for hydroxylation is 1. The second-order valence-corrected chi connectivity index (χ2v) is 7.98. The summed E-state index contributed by atoms with van der Waals surface area (Å²) in [6, 6.07) is 9.93. The second kappa shape index (κ2) is 9.84. The largest absolute Gasteiger partial charge is 0.453 e. The van der Waals surface area contributed by atoms with E-state index in [1.54, 1.807) is 29.5 Å². The van der Waals surface area contributed by atoms with Gasteiger partial charge in [-0.2, -0.15) is 17.6 Å². The Balaban J connectivity index is 1.79. The molecule has 0 aliphatic rings. The lowest BCUT2D eigenvalue weighted by Crippen LogP contribution is -2.18. The highest BCUT2D eigenvalue weighted by Crippen LogP contribution is 2.33. The summed E-state index contributed by atoms with van der Waals surface area (Å²) in [7, 11) is 1.52. The van der Waals surface area contributed by atoms with E-state index >= 15 is 0 Å². The first kappa shape index (κ1) is 25.0. The van der Waals surface area contributed by atoms with Crippen LogP contribution in [-0.4, -0.2) is 35.1 Å². The Bertz CT molecular complexity index is 1430. The van der Waals surface area contributed by atoms with Crippen LogP contribution in [0.25, 0.3) is 16.9 Å². The summed E-state index contributed by atoms with van der Waals surface area (Å²) < 4.78 is 73.1. The zero-order valence-corrected chi connectivity index (χ0v) is 19.2. The van der Waals surface area contributed by atoms with E-state index in [-0.39, 0.29) is 23.1 Å². The average Bonchev–Trinajstić information content (AvgIpc) is 3.25. The van der Waals surface area contributed by atoms with Crippen molar-refractivity contribution < 1.29 is 31.5 Å². The molecule has 0 radical (unpaired) electrons. The molecule has 0 aliphatic carbocycles. The molecule has 0 unspecified atom stereocenters. The van der Waals surface area contributed by atoms with Gasteiger partial charge in [0.05, 0.1) is 30.2 Å². The highest BCUT2D eigenvalue weighted by Gasteiger charge is 2.26. The van der Waals surface area contributed by atoms with Gasteiger partial charge in [0.15, 0.2) is 17.2 Å². The van der Waals surface area contributed by atoms with Gasteiger partial charge in [0, 0.05) is 30.8 Å². The summed E-state index contributed by atoms with van der Waals surface area (Å²) >= 11 is 0. The minimum Gasteiger partial charge on any atom is -0.453 e. The number of carbonyl (C=O) groups is 1. The monoisotopic (exact) mass is 504 g/mol. The summed E-state index contributed by atoms with van der Waals surface area (Å²) in [5.41, 5.74) is 2.89. The highest BCUT2D eigenvalue weighted by molar-refractivity contribution is 5.96. The van der Waals surface area contributed by atoms with Gasteiger partial charge in [0.1, 0.15) is 5.75 Å². The molecule has 0 saturated carbocycles. The van der Waals surface area contributed by atoms with E-state index in [9.17, 15) is 26.7 Å². The van der Waals surface area contributed by atoms with Gasteiger partial charge in [-0.1, -0.05) is 12.1 Å². The molecule has 0 atom stereocenters. The van der Waals surface area contributed by atoms with E-state index in [2.05, 4.69) is 15.6 Å². The molecular weight excluding hydrogens is 483 g/mol. The van der Waals surface area contributed by atoms with Crippen LogP contribution in [0.1, 0.15) is 22.3 Å². The molecule has 11 heteroatoms. The molecule has 0 aliphatic heterocycles. The summed E-state index contributed by atoms with van der Waals surface area (Å²) in [5, 5.41) is 5.26. The molecule has 2 heterocycles. The van der Waals surface area contributed by atoms with Crippen molar-refractivity contribution >= 4 is 17.2 Å². The number of aromatic nitrogens is 2. The Labute approximate surface area is 202 Å². The minimum atomic E-state index is -4.37. The lowest BCUT2D eigenvalue weighted by atomic mass is 10.0. The van der Waals surface area contributed by atoms with E-state index in [4.69, 9.17) is 4.74 Å². The van der Waals surface area contributed by atoms with Gasteiger partial charge in [0.2, 0.25) is 5.82 Å². The van der Waals surface area contributed by atoms with Crippen LogP contribution in [0.4, 0.5) is 27.6 Å². The standard InChI is InChI=1S/C25H21F5N4O2/c1-14-10-15(6-7-17(14)24(35)31-2)20-12-33-23-19(32-9-8-25(28,29)30)11-16(13-34(20)23)36-21-5-3-4-18(26)22(21)27/h3-7,10-13,32H,8-9H2,1-2H3,(H,31,35). The molecule has 0 spiro atoms. The first-order valence-corrected chi connectivity index (χ1v) is 10.8. The normalized spacial score (nSPS) is 11.5. The van der Waals surface area contributed by atoms with Crippen molar-refractivity contribution in [2.24, 2.45) is 0 Å². The van der Waals surface area contributed by atoms with Crippen LogP contribution in [0.2, 0.25) is 0 Å². The first-order valence-electron chi connectivity index (χ1n) is 10.8. The molecule has 6 nitrogen and oxygen atoms in total. The summed E-state index contributed by atoms with van der Waals surface area (Å²) in [6.45, 7) is 1.34. The number of halogens is 5. The number of pyridine rings is 1. The van der Waals surface area contributed by atoms with Crippen molar-refractivity contribution in [3.8, 4) is 22.8 Å². The third-order valence-electron chi connectivity index (χ3n) is 5.44. The summed E-state index contributed by atoms with van der Waals surface area (Å²) in [5.74, 6) is -2.90. The van der Waals surface area contributed by atoms with Gasteiger partial charge in [-0.05, 0) is 36.8 Å². The molecule has 2 aromatic carbocycles. The van der Waals surface area contributed by atoms with Crippen LogP contribution in [0.3, 0.4) is 0 Å². The maximum Gasteiger partial charge on any atom is 0.390 e.